The summed E-state index contributed by atoms with van der Waals surface area (Å²) in [5, 5.41) is 0. The quantitative estimate of drug-likeness (QED) is 0.661. The van der Waals surface area contributed by atoms with Crippen molar-refractivity contribution in [3.05, 3.63) is 33.5 Å². The summed E-state index contributed by atoms with van der Waals surface area (Å²) in [5.41, 5.74) is 1.15. The summed E-state index contributed by atoms with van der Waals surface area (Å²) >= 11 is 3.14. The molecule has 0 saturated heterocycles. The maximum atomic E-state index is 12.6. The van der Waals surface area contributed by atoms with Gasteiger partial charge in [-0.15, -0.1) is 0 Å². The summed E-state index contributed by atoms with van der Waals surface area (Å²) in [6.07, 6.45) is 0.642. The zero-order chi connectivity index (χ0) is 8.43. The van der Waals surface area contributed by atoms with Crippen LogP contribution >= 0.6 is 15.9 Å². The molecule has 0 unspecified atom stereocenters. The minimum absolute atomic E-state index is 0.386. The van der Waals surface area contributed by atoms with E-state index in [0.717, 1.165) is 5.56 Å². The van der Waals surface area contributed by atoms with E-state index in [0.29, 0.717) is 16.3 Å². The molecule has 0 radical (unpaired) electrons. The molecular formula is C8H6BrFO. The van der Waals surface area contributed by atoms with Crippen molar-refractivity contribution in [2.75, 3.05) is 0 Å². The van der Waals surface area contributed by atoms with Crippen LogP contribution in [0.5, 0.6) is 0 Å². The molecule has 0 fully saturated rings. The van der Waals surface area contributed by atoms with Gasteiger partial charge < -0.3 is 0 Å². The Bertz CT molecular complexity index is 296. The number of halogens is 2. The molecular weight excluding hydrogens is 211 g/mol. The van der Waals surface area contributed by atoms with E-state index in [-0.39, 0.29) is 0 Å². The molecule has 0 aliphatic carbocycles. The van der Waals surface area contributed by atoms with E-state index in [4.69, 9.17) is 0 Å². The van der Waals surface area contributed by atoms with Crippen LogP contribution in [-0.2, 0) is 0 Å². The fourth-order valence-corrected chi connectivity index (χ4v) is 1.24. The normalized spacial score (nSPS) is 9.73. The van der Waals surface area contributed by atoms with Gasteiger partial charge in [0.15, 0.2) is 0 Å². The van der Waals surface area contributed by atoms with E-state index in [1.165, 1.54) is 12.1 Å². The lowest BCUT2D eigenvalue weighted by Gasteiger charge is -2.00. The van der Waals surface area contributed by atoms with Crippen LogP contribution in [0.25, 0.3) is 0 Å². The van der Waals surface area contributed by atoms with Crippen LogP contribution < -0.4 is 0 Å². The van der Waals surface area contributed by atoms with Gasteiger partial charge in [-0.25, -0.2) is 4.39 Å². The van der Waals surface area contributed by atoms with Crippen LogP contribution in [0.4, 0.5) is 4.39 Å². The molecule has 0 aromatic heterocycles. The Kier molecular flexibility index (Phi) is 2.39. The molecule has 0 atom stereocenters. The Labute approximate surface area is 72.4 Å². The maximum absolute atomic E-state index is 12.6. The number of hydrogen-bond acceptors (Lipinski definition) is 1. The monoisotopic (exact) mass is 216 g/mol. The van der Waals surface area contributed by atoms with Crippen molar-refractivity contribution in [1.29, 1.82) is 0 Å². The summed E-state index contributed by atoms with van der Waals surface area (Å²) in [6.45, 7) is 1.76. The molecule has 0 aliphatic heterocycles. The van der Waals surface area contributed by atoms with Crippen LogP contribution in [0.3, 0.4) is 0 Å². The zero-order valence-corrected chi connectivity index (χ0v) is 7.48. The zero-order valence-electron chi connectivity index (χ0n) is 5.90. The van der Waals surface area contributed by atoms with Crippen molar-refractivity contribution in [1.82, 2.24) is 0 Å². The van der Waals surface area contributed by atoms with Crippen LogP contribution in [0.1, 0.15) is 15.9 Å². The summed E-state index contributed by atoms with van der Waals surface area (Å²) in [6, 6.07) is 2.55. The van der Waals surface area contributed by atoms with Gasteiger partial charge in [-0.2, -0.15) is 0 Å². The third kappa shape index (κ3) is 1.66. The average Bonchev–Trinajstić information content (AvgIpc) is 1.96. The molecule has 1 aromatic rings. The smallest absolute Gasteiger partial charge is 0.150 e. The van der Waals surface area contributed by atoms with Gasteiger partial charge in [0.25, 0.3) is 0 Å². The highest BCUT2D eigenvalue weighted by Crippen LogP contribution is 2.19. The van der Waals surface area contributed by atoms with Crippen LogP contribution in [-0.4, -0.2) is 6.29 Å². The minimum atomic E-state index is -0.399. The van der Waals surface area contributed by atoms with Gasteiger partial charge in [0, 0.05) is 10.0 Å². The first-order chi connectivity index (χ1) is 5.15. The Balaban J connectivity index is 3.35. The summed E-state index contributed by atoms with van der Waals surface area (Å²) in [4.78, 5) is 10.3. The number of aldehydes is 1. The summed E-state index contributed by atoms with van der Waals surface area (Å²) in [7, 11) is 0. The van der Waals surface area contributed by atoms with Gasteiger partial charge in [-0.05, 0) is 24.6 Å². The first-order valence-corrected chi connectivity index (χ1v) is 3.85. The molecule has 0 N–H and O–H groups in total. The average molecular weight is 217 g/mol. The van der Waals surface area contributed by atoms with Crippen molar-refractivity contribution < 1.29 is 9.18 Å². The molecule has 0 heterocycles. The number of benzene rings is 1. The molecule has 3 heteroatoms. The van der Waals surface area contributed by atoms with E-state index in [9.17, 15) is 9.18 Å². The molecule has 0 amide bonds. The van der Waals surface area contributed by atoms with Crippen LogP contribution in [0, 0.1) is 12.7 Å². The highest BCUT2D eigenvalue weighted by Gasteiger charge is 2.03. The molecule has 0 aliphatic rings. The Morgan fingerprint density at radius 1 is 1.55 bits per heavy atom. The van der Waals surface area contributed by atoms with Gasteiger partial charge in [0.2, 0.25) is 0 Å². The SMILES string of the molecule is Cc1c(Br)cc(F)cc1C=O. The first kappa shape index (κ1) is 8.40. The molecule has 0 spiro atoms. The summed E-state index contributed by atoms with van der Waals surface area (Å²) in [5.74, 6) is -0.399. The van der Waals surface area contributed by atoms with Crippen molar-refractivity contribution >= 4 is 22.2 Å². The Morgan fingerprint density at radius 3 is 2.73 bits per heavy atom. The number of carbonyl (C=O) groups is 1. The molecule has 1 nitrogen and oxygen atoms in total. The predicted molar refractivity (Wildman–Crippen MR) is 44.2 cm³/mol. The lowest BCUT2D eigenvalue weighted by atomic mass is 10.1. The van der Waals surface area contributed by atoms with Crippen molar-refractivity contribution in [3.63, 3.8) is 0 Å². The maximum Gasteiger partial charge on any atom is 0.150 e. The largest absolute Gasteiger partial charge is 0.298 e. The van der Waals surface area contributed by atoms with Gasteiger partial charge in [-0.3, -0.25) is 4.79 Å². The predicted octanol–water partition coefficient (Wildman–Crippen LogP) is 2.71. The molecule has 1 aromatic carbocycles. The fourth-order valence-electron chi connectivity index (χ4n) is 0.788. The second-order valence-electron chi connectivity index (χ2n) is 2.22. The second-order valence-corrected chi connectivity index (χ2v) is 3.07. The second kappa shape index (κ2) is 3.13. The highest BCUT2D eigenvalue weighted by molar-refractivity contribution is 9.10. The Morgan fingerprint density at radius 2 is 2.18 bits per heavy atom. The van der Waals surface area contributed by atoms with Crippen molar-refractivity contribution in [2.24, 2.45) is 0 Å². The topological polar surface area (TPSA) is 17.1 Å². The first-order valence-electron chi connectivity index (χ1n) is 3.06. The third-order valence-corrected chi connectivity index (χ3v) is 2.30. The molecule has 0 bridgehead atoms. The molecule has 0 saturated carbocycles. The molecule has 58 valence electrons. The van der Waals surface area contributed by atoms with E-state index < -0.39 is 5.82 Å². The van der Waals surface area contributed by atoms with Crippen molar-refractivity contribution in [3.8, 4) is 0 Å². The molecule has 11 heavy (non-hydrogen) atoms. The van der Waals surface area contributed by atoms with E-state index >= 15 is 0 Å². The number of carbonyl (C=O) groups excluding carboxylic acids is 1. The van der Waals surface area contributed by atoms with E-state index in [1.807, 2.05) is 0 Å². The summed E-state index contributed by atoms with van der Waals surface area (Å²) < 4.78 is 13.2. The van der Waals surface area contributed by atoms with Gasteiger partial charge in [0.1, 0.15) is 12.1 Å². The fraction of sp³-hybridized carbons (Fsp3) is 0.125. The number of hydrogen-bond donors (Lipinski definition) is 0. The van der Waals surface area contributed by atoms with Crippen molar-refractivity contribution in [2.45, 2.75) is 6.92 Å². The van der Waals surface area contributed by atoms with Gasteiger partial charge >= 0.3 is 0 Å². The van der Waals surface area contributed by atoms with Crippen LogP contribution in [0.2, 0.25) is 0 Å². The van der Waals surface area contributed by atoms with Gasteiger partial charge in [0.05, 0.1) is 0 Å². The number of rotatable bonds is 1. The highest BCUT2D eigenvalue weighted by atomic mass is 79.9. The minimum Gasteiger partial charge on any atom is -0.298 e. The van der Waals surface area contributed by atoms with Crippen LogP contribution in [0.15, 0.2) is 16.6 Å². The van der Waals surface area contributed by atoms with E-state index in [2.05, 4.69) is 15.9 Å². The third-order valence-electron chi connectivity index (χ3n) is 1.48. The Hall–Kier alpha value is -0.700. The molecule has 1 rings (SSSR count). The lowest BCUT2D eigenvalue weighted by Crippen LogP contribution is -1.89. The lowest BCUT2D eigenvalue weighted by molar-refractivity contribution is 0.112. The van der Waals surface area contributed by atoms with E-state index in [1.54, 1.807) is 6.92 Å². The standard InChI is InChI=1S/C8H6BrFO/c1-5-6(4-11)2-7(10)3-8(5)9/h2-4H,1H3. The van der Waals surface area contributed by atoms with Gasteiger partial charge in [-0.1, -0.05) is 15.9 Å².